The molecule has 0 saturated carbocycles. The van der Waals surface area contributed by atoms with E-state index in [4.69, 9.17) is 11.6 Å². The van der Waals surface area contributed by atoms with Gasteiger partial charge in [-0.15, -0.1) is 0 Å². The minimum Gasteiger partial charge on any atom is -0.340 e. The van der Waals surface area contributed by atoms with Crippen LogP contribution in [0.25, 0.3) is 0 Å². The van der Waals surface area contributed by atoms with E-state index in [1.807, 2.05) is 18.7 Å². The number of nitrogens with one attached hydrogen (secondary N) is 1. The second kappa shape index (κ2) is 9.69. The molecule has 1 unspecified atom stereocenters. The molecule has 8 heteroatoms. The molecule has 1 aromatic heterocycles. The van der Waals surface area contributed by atoms with Gasteiger partial charge in [0, 0.05) is 49.2 Å². The Labute approximate surface area is 176 Å². The summed E-state index contributed by atoms with van der Waals surface area (Å²) in [4.78, 5) is 38.2. The smallest absolute Gasteiger partial charge is 0.251 e. The van der Waals surface area contributed by atoms with Crippen LogP contribution in [0.2, 0.25) is 5.02 Å². The number of piperazine rings is 1. The zero-order valence-corrected chi connectivity index (χ0v) is 17.5. The van der Waals surface area contributed by atoms with E-state index in [2.05, 4.69) is 20.2 Å². The van der Waals surface area contributed by atoms with Gasteiger partial charge in [0.2, 0.25) is 11.9 Å². The first-order valence-corrected chi connectivity index (χ1v) is 10.2. The fraction of sp³-hybridized carbons (Fsp3) is 0.429. The van der Waals surface area contributed by atoms with Gasteiger partial charge < -0.3 is 15.1 Å². The maximum absolute atomic E-state index is 13.1. The van der Waals surface area contributed by atoms with Gasteiger partial charge in [-0.2, -0.15) is 0 Å². The molecule has 1 aliphatic rings. The average Bonchev–Trinajstić information content (AvgIpc) is 2.73. The third kappa shape index (κ3) is 5.67. The van der Waals surface area contributed by atoms with E-state index in [9.17, 15) is 9.59 Å². The van der Waals surface area contributed by atoms with Crippen molar-refractivity contribution >= 4 is 29.4 Å². The van der Waals surface area contributed by atoms with Crippen LogP contribution in [0.15, 0.2) is 42.7 Å². The average molecular weight is 416 g/mol. The lowest BCUT2D eigenvalue weighted by Gasteiger charge is -2.36. The molecule has 0 aliphatic carbocycles. The van der Waals surface area contributed by atoms with Gasteiger partial charge >= 0.3 is 0 Å². The Hall–Kier alpha value is -2.67. The lowest BCUT2D eigenvalue weighted by atomic mass is 10.0. The highest BCUT2D eigenvalue weighted by Gasteiger charge is 2.30. The molecule has 0 radical (unpaired) electrons. The second-order valence-electron chi connectivity index (χ2n) is 7.52. The van der Waals surface area contributed by atoms with Gasteiger partial charge in [-0.25, -0.2) is 9.97 Å². The fourth-order valence-corrected chi connectivity index (χ4v) is 3.46. The minimum absolute atomic E-state index is 0.0466. The molecule has 1 fully saturated rings. The number of rotatable bonds is 6. The van der Waals surface area contributed by atoms with Crippen molar-refractivity contribution in [1.82, 2.24) is 20.2 Å². The second-order valence-corrected chi connectivity index (χ2v) is 7.96. The molecular formula is C21H26ClN5O2. The van der Waals surface area contributed by atoms with Crippen molar-refractivity contribution < 1.29 is 9.59 Å². The number of hydrogen-bond acceptors (Lipinski definition) is 5. The van der Waals surface area contributed by atoms with Crippen molar-refractivity contribution in [3.8, 4) is 0 Å². The van der Waals surface area contributed by atoms with Crippen molar-refractivity contribution in [3.63, 3.8) is 0 Å². The van der Waals surface area contributed by atoms with Crippen LogP contribution < -0.4 is 10.2 Å². The number of hydrogen-bond donors (Lipinski definition) is 1. The van der Waals surface area contributed by atoms with Crippen LogP contribution >= 0.6 is 11.6 Å². The molecule has 0 spiro atoms. The summed E-state index contributed by atoms with van der Waals surface area (Å²) in [5.41, 5.74) is 0.488. The number of aromatic nitrogens is 2. The monoisotopic (exact) mass is 415 g/mol. The molecule has 0 bridgehead atoms. The Bertz CT molecular complexity index is 821. The molecule has 2 aromatic rings. The molecule has 29 heavy (non-hydrogen) atoms. The van der Waals surface area contributed by atoms with Gasteiger partial charge in [0.25, 0.3) is 5.91 Å². The third-order valence-electron chi connectivity index (χ3n) is 4.84. The first-order chi connectivity index (χ1) is 13.9. The van der Waals surface area contributed by atoms with Gasteiger partial charge in [-0.3, -0.25) is 9.59 Å². The van der Waals surface area contributed by atoms with Crippen LogP contribution in [0.1, 0.15) is 30.6 Å². The van der Waals surface area contributed by atoms with Crippen molar-refractivity contribution in [1.29, 1.82) is 0 Å². The molecule has 1 saturated heterocycles. The first kappa shape index (κ1) is 21.0. The third-order valence-corrected chi connectivity index (χ3v) is 5.10. The predicted octanol–water partition coefficient (Wildman–Crippen LogP) is 2.62. The molecule has 1 aliphatic heterocycles. The fourth-order valence-electron chi connectivity index (χ4n) is 3.34. The molecule has 2 amide bonds. The van der Waals surface area contributed by atoms with Gasteiger partial charge in [-0.1, -0.05) is 25.4 Å². The topological polar surface area (TPSA) is 78.4 Å². The maximum Gasteiger partial charge on any atom is 0.251 e. The highest BCUT2D eigenvalue weighted by Crippen LogP contribution is 2.15. The number of amides is 2. The Balaban J connectivity index is 1.63. The van der Waals surface area contributed by atoms with E-state index < -0.39 is 6.04 Å². The largest absolute Gasteiger partial charge is 0.340 e. The lowest BCUT2D eigenvalue weighted by molar-refractivity contribution is -0.134. The number of nitrogens with zero attached hydrogens (tertiary/aromatic N) is 4. The summed E-state index contributed by atoms with van der Waals surface area (Å²) in [7, 11) is 0. The van der Waals surface area contributed by atoms with Crippen LogP contribution in [-0.2, 0) is 4.79 Å². The van der Waals surface area contributed by atoms with Gasteiger partial charge in [-0.05, 0) is 42.7 Å². The van der Waals surface area contributed by atoms with Crippen molar-refractivity contribution in [2.24, 2.45) is 5.92 Å². The zero-order valence-electron chi connectivity index (χ0n) is 16.7. The number of halogens is 1. The van der Waals surface area contributed by atoms with E-state index in [0.29, 0.717) is 49.1 Å². The highest BCUT2D eigenvalue weighted by molar-refractivity contribution is 6.30. The summed E-state index contributed by atoms with van der Waals surface area (Å²) in [6.45, 7) is 6.55. The van der Waals surface area contributed by atoms with Crippen molar-refractivity contribution in [2.45, 2.75) is 26.3 Å². The maximum atomic E-state index is 13.1. The first-order valence-electron chi connectivity index (χ1n) is 9.81. The van der Waals surface area contributed by atoms with Gasteiger partial charge in [0.1, 0.15) is 6.04 Å². The van der Waals surface area contributed by atoms with Crippen LogP contribution in [0, 0.1) is 5.92 Å². The van der Waals surface area contributed by atoms with Crippen LogP contribution in [0.4, 0.5) is 5.95 Å². The molecular weight excluding hydrogens is 390 g/mol. The van der Waals surface area contributed by atoms with Crippen molar-refractivity contribution in [3.05, 3.63) is 53.3 Å². The SMILES string of the molecule is CC(C)CC(NC(=O)c1ccc(Cl)cc1)C(=O)N1CCN(c2ncccn2)CC1. The Morgan fingerprint density at radius 3 is 2.28 bits per heavy atom. The summed E-state index contributed by atoms with van der Waals surface area (Å²) >= 11 is 5.89. The molecule has 154 valence electrons. The van der Waals surface area contributed by atoms with Crippen LogP contribution in [-0.4, -0.2) is 58.9 Å². The van der Waals surface area contributed by atoms with Gasteiger partial charge in [0.15, 0.2) is 0 Å². The normalized spacial score (nSPS) is 15.3. The van der Waals surface area contributed by atoms with E-state index in [-0.39, 0.29) is 17.7 Å². The van der Waals surface area contributed by atoms with E-state index in [0.717, 1.165) is 0 Å². The minimum atomic E-state index is -0.558. The van der Waals surface area contributed by atoms with Gasteiger partial charge in [0.05, 0.1) is 0 Å². The number of carbonyl (C=O) groups is 2. The van der Waals surface area contributed by atoms with Crippen LogP contribution in [0.5, 0.6) is 0 Å². The number of benzene rings is 1. The highest BCUT2D eigenvalue weighted by atomic mass is 35.5. The van der Waals surface area contributed by atoms with E-state index in [1.165, 1.54) is 0 Å². The molecule has 3 rings (SSSR count). The molecule has 1 aromatic carbocycles. The predicted molar refractivity (Wildman–Crippen MR) is 113 cm³/mol. The molecule has 2 heterocycles. The number of carbonyl (C=O) groups excluding carboxylic acids is 2. The standard InChI is InChI=1S/C21H26ClN5O2/c1-15(2)14-18(25-19(28)16-4-6-17(22)7-5-16)20(29)26-10-12-27(13-11-26)21-23-8-3-9-24-21/h3-9,15,18H,10-14H2,1-2H3,(H,25,28). The van der Waals surface area contributed by atoms with E-state index >= 15 is 0 Å². The lowest BCUT2D eigenvalue weighted by Crippen LogP contribution is -2.55. The molecule has 7 nitrogen and oxygen atoms in total. The molecule has 1 atom stereocenters. The summed E-state index contributed by atoms with van der Waals surface area (Å²) < 4.78 is 0. The van der Waals surface area contributed by atoms with E-state index in [1.54, 1.807) is 42.7 Å². The summed E-state index contributed by atoms with van der Waals surface area (Å²) in [6, 6.07) is 7.88. The quantitative estimate of drug-likeness (QED) is 0.784. The molecule has 1 N–H and O–H groups in total. The Morgan fingerprint density at radius 1 is 1.07 bits per heavy atom. The summed E-state index contributed by atoms with van der Waals surface area (Å²) in [5.74, 6) is 0.634. The van der Waals surface area contributed by atoms with Crippen LogP contribution in [0.3, 0.4) is 0 Å². The van der Waals surface area contributed by atoms with Crippen molar-refractivity contribution in [2.75, 3.05) is 31.1 Å². The Morgan fingerprint density at radius 2 is 1.69 bits per heavy atom. The summed E-state index contributed by atoms with van der Waals surface area (Å²) in [5, 5.41) is 3.48. The summed E-state index contributed by atoms with van der Waals surface area (Å²) in [6.07, 6.45) is 4.01. The Kier molecular flexibility index (Phi) is 7.04. The zero-order chi connectivity index (χ0) is 20.8. The number of anilines is 1.